The number of rotatable bonds is 9. The van der Waals surface area contributed by atoms with Crippen LogP contribution in [0.15, 0.2) is 0 Å². The first-order valence-corrected chi connectivity index (χ1v) is 7.96. The number of amides is 3. The van der Waals surface area contributed by atoms with Crippen LogP contribution < -0.4 is 16.4 Å². The molecule has 0 radical (unpaired) electrons. The summed E-state index contributed by atoms with van der Waals surface area (Å²) in [6.07, 6.45) is 1.96. The van der Waals surface area contributed by atoms with Crippen LogP contribution in [-0.4, -0.2) is 60.6 Å². The Hall–Kier alpha value is -1.96. The molecule has 0 saturated carbocycles. The van der Waals surface area contributed by atoms with Crippen LogP contribution in [0.1, 0.15) is 39.0 Å². The highest BCUT2D eigenvalue weighted by molar-refractivity contribution is 5.95. The van der Waals surface area contributed by atoms with Crippen LogP contribution in [0.3, 0.4) is 0 Å². The van der Waals surface area contributed by atoms with Crippen LogP contribution in [0.25, 0.3) is 0 Å². The van der Waals surface area contributed by atoms with E-state index in [4.69, 9.17) is 5.73 Å². The van der Waals surface area contributed by atoms with Gasteiger partial charge in [-0.25, -0.2) is 0 Å². The molecule has 1 rings (SSSR count). The van der Waals surface area contributed by atoms with Gasteiger partial charge in [0.25, 0.3) is 0 Å². The second-order valence-electron chi connectivity index (χ2n) is 5.72. The first kappa shape index (κ1) is 19.1. The van der Waals surface area contributed by atoms with Crippen molar-refractivity contribution in [1.29, 1.82) is 0 Å². The maximum atomic E-state index is 12.4. The minimum Gasteiger partial charge on any atom is -0.370 e. The highest BCUT2D eigenvalue weighted by Crippen LogP contribution is 2.18. The Labute approximate surface area is 136 Å². The Morgan fingerprint density at radius 2 is 2.00 bits per heavy atom. The maximum absolute atomic E-state index is 12.4. The number of carbonyl (C=O) groups is 4. The molecule has 4 N–H and O–H groups in total. The van der Waals surface area contributed by atoms with Crippen molar-refractivity contribution in [3.8, 4) is 0 Å². The number of carbonyl (C=O) groups excluding carboxylic acids is 4. The van der Waals surface area contributed by atoms with E-state index in [1.807, 2.05) is 6.92 Å². The number of likely N-dealkylation sites (N-methyl/N-ethyl adjacent to an activating group) is 1. The van der Waals surface area contributed by atoms with Gasteiger partial charge in [-0.05, 0) is 26.3 Å². The van der Waals surface area contributed by atoms with Crippen molar-refractivity contribution >= 4 is 23.5 Å². The van der Waals surface area contributed by atoms with E-state index in [0.29, 0.717) is 19.4 Å². The summed E-state index contributed by atoms with van der Waals surface area (Å²) in [5, 5.41) is 5.37. The molecule has 23 heavy (non-hydrogen) atoms. The van der Waals surface area contributed by atoms with Crippen LogP contribution >= 0.6 is 0 Å². The quantitative estimate of drug-likeness (QED) is 0.498. The number of Topliss-reactive ketones (excluding diaryl/α,β-unsaturated/α-hetero) is 1. The molecule has 0 aromatic heterocycles. The summed E-state index contributed by atoms with van der Waals surface area (Å²) in [5.74, 6) is -1.42. The Kier molecular flexibility index (Phi) is 7.67. The van der Waals surface area contributed by atoms with Gasteiger partial charge in [0.15, 0.2) is 5.78 Å². The molecule has 130 valence electrons. The van der Waals surface area contributed by atoms with Crippen LogP contribution in [0, 0.1) is 0 Å². The lowest BCUT2D eigenvalue weighted by atomic mass is 10.0. The lowest BCUT2D eigenvalue weighted by molar-refractivity contribution is -0.139. The lowest BCUT2D eigenvalue weighted by Gasteiger charge is -2.26. The summed E-state index contributed by atoms with van der Waals surface area (Å²) < 4.78 is 0. The average Bonchev–Trinajstić information content (AvgIpc) is 2.96. The number of primary amides is 1. The molecule has 2 atom stereocenters. The second-order valence-corrected chi connectivity index (χ2v) is 5.72. The van der Waals surface area contributed by atoms with E-state index in [2.05, 4.69) is 10.6 Å². The molecule has 0 aromatic carbocycles. The van der Waals surface area contributed by atoms with Crippen LogP contribution in [-0.2, 0) is 19.2 Å². The van der Waals surface area contributed by atoms with Crippen molar-refractivity contribution in [2.24, 2.45) is 5.73 Å². The fourth-order valence-corrected chi connectivity index (χ4v) is 2.73. The fourth-order valence-electron chi connectivity index (χ4n) is 2.73. The van der Waals surface area contributed by atoms with Gasteiger partial charge in [0.1, 0.15) is 6.04 Å². The van der Waals surface area contributed by atoms with Gasteiger partial charge in [0.05, 0.1) is 19.0 Å². The Bertz CT molecular complexity index is 466. The summed E-state index contributed by atoms with van der Waals surface area (Å²) in [7, 11) is 1.66. The molecular weight excluding hydrogens is 300 g/mol. The monoisotopic (exact) mass is 326 g/mol. The number of hydrogen-bond acceptors (Lipinski definition) is 5. The summed E-state index contributed by atoms with van der Waals surface area (Å²) >= 11 is 0. The van der Waals surface area contributed by atoms with Crippen LogP contribution in [0.5, 0.6) is 0 Å². The molecule has 2 unspecified atom stereocenters. The minimum atomic E-state index is -0.915. The van der Waals surface area contributed by atoms with Gasteiger partial charge in [-0.2, -0.15) is 0 Å². The lowest BCUT2D eigenvalue weighted by Crippen LogP contribution is -2.52. The summed E-state index contributed by atoms with van der Waals surface area (Å²) in [5.41, 5.74) is 5.16. The molecule has 1 heterocycles. The summed E-state index contributed by atoms with van der Waals surface area (Å²) in [6, 6.07) is -1.51. The van der Waals surface area contributed by atoms with Gasteiger partial charge < -0.3 is 21.3 Å². The molecule has 3 amide bonds. The molecule has 0 aromatic rings. The Morgan fingerprint density at radius 3 is 2.57 bits per heavy atom. The Morgan fingerprint density at radius 1 is 1.30 bits per heavy atom. The number of nitrogens with one attached hydrogen (secondary N) is 2. The van der Waals surface area contributed by atoms with Gasteiger partial charge in [0.2, 0.25) is 17.7 Å². The minimum absolute atomic E-state index is 0.156. The van der Waals surface area contributed by atoms with Crippen LogP contribution in [0.4, 0.5) is 0 Å². The van der Waals surface area contributed by atoms with Gasteiger partial charge in [-0.3, -0.25) is 19.2 Å². The van der Waals surface area contributed by atoms with Crippen molar-refractivity contribution in [2.75, 3.05) is 20.1 Å². The Balaban J connectivity index is 2.74. The van der Waals surface area contributed by atoms with Crippen molar-refractivity contribution in [3.05, 3.63) is 0 Å². The molecule has 0 spiro atoms. The van der Waals surface area contributed by atoms with E-state index in [1.54, 1.807) is 7.05 Å². The molecule has 1 saturated heterocycles. The highest BCUT2D eigenvalue weighted by Gasteiger charge is 2.35. The van der Waals surface area contributed by atoms with Gasteiger partial charge >= 0.3 is 0 Å². The third kappa shape index (κ3) is 5.63. The largest absolute Gasteiger partial charge is 0.370 e. The van der Waals surface area contributed by atoms with Crippen molar-refractivity contribution < 1.29 is 19.2 Å². The number of nitrogens with two attached hydrogens (primary N) is 1. The van der Waals surface area contributed by atoms with Crippen molar-refractivity contribution in [1.82, 2.24) is 15.5 Å². The maximum Gasteiger partial charge on any atom is 0.243 e. The summed E-state index contributed by atoms with van der Waals surface area (Å²) in [6.45, 7) is 2.52. The molecule has 1 aliphatic heterocycles. The van der Waals surface area contributed by atoms with E-state index in [1.165, 1.54) is 4.90 Å². The highest BCUT2D eigenvalue weighted by atomic mass is 16.2. The molecule has 1 fully saturated rings. The van der Waals surface area contributed by atoms with E-state index < -0.39 is 23.9 Å². The first-order valence-electron chi connectivity index (χ1n) is 7.96. The van der Waals surface area contributed by atoms with E-state index >= 15 is 0 Å². The van der Waals surface area contributed by atoms with Gasteiger partial charge in [-0.1, -0.05) is 6.92 Å². The molecular formula is C15H26N4O4. The third-order valence-corrected chi connectivity index (χ3v) is 3.81. The fraction of sp³-hybridized carbons (Fsp3) is 0.733. The SMILES string of the molecule is CCCC(=O)C(CC(N)=O)NC(=O)C1CCCN1C(=O)CNC. The normalized spacial score (nSPS) is 18.5. The second kappa shape index (κ2) is 9.24. The smallest absolute Gasteiger partial charge is 0.243 e. The van der Waals surface area contributed by atoms with E-state index in [0.717, 1.165) is 6.42 Å². The number of likely N-dealkylation sites (tertiary alicyclic amines) is 1. The molecule has 8 heteroatoms. The average molecular weight is 326 g/mol. The van der Waals surface area contributed by atoms with Crippen molar-refractivity contribution in [3.63, 3.8) is 0 Å². The topological polar surface area (TPSA) is 122 Å². The van der Waals surface area contributed by atoms with Gasteiger partial charge in [0, 0.05) is 13.0 Å². The number of nitrogens with zero attached hydrogens (tertiary/aromatic N) is 1. The zero-order valence-electron chi connectivity index (χ0n) is 13.8. The predicted molar refractivity (Wildman–Crippen MR) is 84.3 cm³/mol. The molecule has 8 nitrogen and oxygen atoms in total. The molecule has 0 bridgehead atoms. The third-order valence-electron chi connectivity index (χ3n) is 3.81. The molecule has 1 aliphatic rings. The van der Waals surface area contributed by atoms with E-state index in [9.17, 15) is 19.2 Å². The van der Waals surface area contributed by atoms with Crippen molar-refractivity contribution in [2.45, 2.75) is 51.1 Å². The molecule has 0 aliphatic carbocycles. The number of ketones is 1. The standard InChI is InChI=1S/C15H26N4O4/c1-3-5-12(20)10(8-13(16)21)18-15(23)11-6-4-7-19(11)14(22)9-17-2/h10-11,17H,3-9H2,1-2H3,(H2,16,21)(H,18,23). The zero-order valence-corrected chi connectivity index (χ0v) is 13.8. The number of hydrogen-bond donors (Lipinski definition) is 3. The van der Waals surface area contributed by atoms with Crippen LogP contribution in [0.2, 0.25) is 0 Å². The summed E-state index contributed by atoms with van der Waals surface area (Å²) in [4.78, 5) is 49.1. The van der Waals surface area contributed by atoms with E-state index in [-0.39, 0.29) is 31.1 Å². The zero-order chi connectivity index (χ0) is 17.4. The van der Waals surface area contributed by atoms with Gasteiger partial charge in [-0.15, -0.1) is 0 Å². The predicted octanol–water partition coefficient (Wildman–Crippen LogP) is -1.07. The first-order chi connectivity index (χ1) is 10.9.